The molecule has 1 aliphatic rings. The molecule has 35 heavy (non-hydrogen) atoms. The first-order valence-corrected chi connectivity index (χ1v) is 12.1. The number of anilines is 2. The second-order valence-electron chi connectivity index (χ2n) is 8.70. The van der Waals surface area contributed by atoms with Crippen LogP contribution in [0.1, 0.15) is 40.1 Å². The maximum Gasteiger partial charge on any atom is 0.259 e. The minimum atomic E-state index is -0.0489. The van der Waals surface area contributed by atoms with E-state index in [2.05, 4.69) is 50.9 Å². The number of nitrogens with zero attached hydrogens (tertiary/aromatic N) is 4. The van der Waals surface area contributed by atoms with Crippen molar-refractivity contribution in [2.45, 2.75) is 26.2 Å². The van der Waals surface area contributed by atoms with Crippen molar-refractivity contribution in [2.75, 3.05) is 50.5 Å². The Morgan fingerprint density at radius 2 is 1.89 bits per heavy atom. The molecule has 4 rings (SSSR count). The molecule has 8 heteroatoms. The van der Waals surface area contributed by atoms with Gasteiger partial charge in [0.15, 0.2) is 0 Å². The lowest BCUT2D eigenvalue weighted by molar-refractivity contribution is 0.0410. The average Bonchev–Trinajstić information content (AvgIpc) is 2.99. The van der Waals surface area contributed by atoms with E-state index in [-0.39, 0.29) is 12.0 Å². The molecule has 1 amide bonds. The Morgan fingerprint density at radius 1 is 1.09 bits per heavy atom. The van der Waals surface area contributed by atoms with Gasteiger partial charge in [-0.1, -0.05) is 54.6 Å². The van der Waals surface area contributed by atoms with E-state index < -0.39 is 0 Å². The van der Waals surface area contributed by atoms with Crippen LogP contribution in [0.4, 0.5) is 11.8 Å². The zero-order valence-corrected chi connectivity index (χ0v) is 20.7. The summed E-state index contributed by atoms with van der Waals surface area (Å²) < 4.78 is 6.26. The van der Waals surface area contributed by atoms with Gasteiger partial charge in [-0.05, 0) is 30.7 Å². The Bertz CT molecular complexity index is 1120. The Balaban J connectivity index is 1.45. The highest BCUT2D eigenvalue weighted by molar-refractivity contribution is 5.99. The summed E-state index contributed by atoms with van der Waals surface area (Å²) in [6, 6.07) is 18.5. The predicted molar refractivity (Wildman–Crippen MR) is 139 cm³/mol. The van der Waals surface area contributed by atoms with Gasteiger partial charge in [0, 0.05) is 46.0 Å². The van der Waals surface area contributed by atoms with E-state index in [0.29, 0.717) is 43.6 Å². The number of hydrogen-bond acceptors (Lipinski definition) is 7. The van der Waals surface area contributed by atoms with Gasteiger partial charge in [0.25, 0.3) is 5.91 Å². The van der Waals surface area contributed by atoms with E-state index in [0.717, 1.165) is 29.8 Å². The van der Waals surface area contributed by atoms with E-state index in [1.807, 2.05) is 55.1 Å². The van der Waals surface area contributed by atoms with Gasteiger partial charge in [0.2, 0.25) is 5.95 Å². The molecule has 0 saturated heterocycles. The number of aromatic nitrogens is 2. The van der Waals surface area contributed by atoms with E-state index in [1.165, 1.54) is 0 Å². The predicted octanol–water partition coefficient (Wildman–Crippen LogP) is 3.48. The Hall–Kier alpha value is -3.49. The number of nitrogens with one attached hydrogen (secondary N) is 2. The summed E-state index contributed by atoms with van der Waals surface area (Å²) in [5, 5.41) is 6.33. The number of rotatable bonds is 10. The second kappa shape index (κ2) is 11.8. The molecule has 0 fully saturated rings. The summed E-state index contributed by atoms with van der Waals surface area (Å²) in [6.07, 6.45) is 1.60. The van der Waals surface area contributed by atoms with Gasteiger partial charge in [0.05, 0.1) is 12.7 Å². The fourth-order valence-corrected chi connectivity index (χ4v) is 4.22. The van der Waals surface area contributed by atoms with Gasteiger partial charge in [-0.25, -0.2) is 4.98 Å². The number of fused-ring (bicyclic) bond motifs is 1. The Kier molecular flexibility index (Phi) is 8.28. The quantitative estimate of drug-likeness (QED) is 0.466. The smallest absolute Gasteiger partial charge is 0.259 e. The van der Waals surface area contributed by atoms with Gasteiger partial charge < -0.3 is 25.2 Å². The van der Waals surface area contributed by atoms with Crippen LogP contribution >= 0.6 is 0 Å². The van der Waals surface area contributed by atoms with Gasteiger partial charge in [-0.3, -0.25) is 4.79 Å². The minimum Gasteiger partial charge on any atom is -0.368 e. The molecule has 3 aromatic rings. The first-order chi connectivity index (χ1) is 17.1. The molecule has 2 aromatic carbocycles. The van der Waals surface area contributed by atoms with Crippen molar-refractivity contribution in [2.24, 2.45) is 0 Å². The maximum atomic E-state index is 13.4. The van der Waals surface area contributed by atoms with Crippen LogP contribution in [-0.2, 0) is 17.9 Å². The largest absolute Gasteiger partial charge is 0.368 e. The second-order valence-corrected chi connectivity index (χ2v) is 8.70. The summed E-state index contributed by atoms with van der Waals surface area (Å²) >= 11 is 0. The SMILES string of the molecule is CCNc1ncc2c(n1)N(C)CCN(Cc1cccc(COC(CNC)c3ccccc3)c1)C2=O. The highest BCUT2D eigenvalue weighted by atomic mass is 16.5. The number of carbonyl (C=O) groups is 1. The Labute approximate surface area is 207 Å². The third-order valence-electron chi connectivity index (χ3n) is 6.06. The molecule has 0 aliphatic carbocycles. The zero-order chi connectivity index (χ0) is 24.6. The van der Waals surface area contributed by atoms with Crippen molar-refractivity contribution < 1.29 is 9.53 Å². The van der Waals surface area contributed by atoms with Gasteiger partial charge >= 0.3 is 0 Å². The molecule has 184 valence electrons. The highest BCUT2D eigenvalue weighted by Gasteiger charge is 2.27. The molecule has 0 bridgehead atoms. The molecular weight excluding hydrogens is 440 g/mol. The number of benzene rings is 2. The van der Waals surface area contributed by atoms with E-state index in [4.69, 9.17) is 4.74 Å². The van der Waals surface area contributed by atoms with Crippen molar-refractivity contribution in [3.63, 3.8) is 0 Å². The third kappa shape index (κ3) is 6.15. The first-order valence-electron chi connectivity index (χ1n) is 12.1. The van der Waals surface area contributed by atoms with Crippen LogP contribution in [0, 0.1) is 0 Å². The number of amides is 1. The highest BCUT2D eigenvalue weighted by Crippen LogP contribution is 2.24. The number of carbonyl (C=O) groups excluding carboxylic acids is 1. The lowest BCUT2D eigenvalue weighted by Crippen LogP contribution is -2.33. The lowest BCUT2D eigenvalue weighted by atomic mass is 10.1. The normalized spacial score (nSPS) is 14.4. The maximum absolute atomic E-state index is 13.4. The van der Waals surface area contributed by atoms with Crippen LogP contribution in [-0.4, -0.2) is 61.0 Å². The topological polar surface area (TPSA) is 82.6 Å². The molecule has 0 spiro atoms. The van der Waals surface area contributed by atoms with Gasteiger partial charge in [0.1, 0.15) is 11.4 Å². The van der Waals surface area contributed by atoms with Crippen molar-refractivity contribution >= 4 is 17.7 Å². The molecule has 2 N–H and O–H groups in total. The van der Waals surface area contributed by atoms with Crippen molar-refractivity contribution in [3.8, 4) is 0 Å². The molecule has 1 unspecified atom stereocenters. The summed E-state index contributed by atoms with van der Waals surface area (Å²) in [5.41, 5.74) is 3.83. The monoisotopic (exact) mass is 474 g/mol. The average molecular weight is 475 g/mol. The fraction of sp³-hybridized carbons (Fsp3) is 0.370. The molecule has 8 nitrogen and oxygen atoms in total. The molecule has 2 heterocycles. The van der Waals surface area contributed by atoms with Crippen molar-refractivity contribution in [1.82, 2.24) is 20.2 Å². The number of likely N-dealkylation sites (N-methyl/N-ethyl adjacent to an activating group) is 2. The third-order valence-corrected chi connectivity index (χ3v) is 6.06. The van der Waals surface area contributed by atoms with Crippen LogP contribution in [0.2, 0.25) is 0 Å². The molecule has 0 saturated carbocycles. The number of hydrogen-bond donors (Lipinski definition) is 2. The molecule has 0 radical (unpaired) electrons. The van der Waals surface area contributed by atoms with Gasteiger partial charge in [-0.2, -0.15) is 4.98 Å². The van der Waals surface area contributed by atoms with Crippen molar-refractivity contribution in [1.29, 1.82) is 0 Å². The summed E-state index contributed by atoms with van der Waals surface area (Å²) in [4.78, 5) is 26.1. The van der Waals surface area contributed by atoms with Crippen LogP contribution in [0.15, 0.2) is 60.8 Å². The van der Waals surface area contributed by atoms with Crippen molar-refractivity contribution in [3.05, 3.63) is 83.0 Å². The standard InChI is InChI=1S/C27H34N6O2/c1-4-29-27-30-16-23-25(31-27)32(3)13-14-33(26(23)34)18-20-9-8-10-21(15-20)19-35-24(17-28-2)22-11-6-5-7-12-22/h5-12,15-16,24,28H,4,13-14,17-19H2,1-3H3,(H,29,30,31). The minimum absolute atomic E-state index is 0.0313. The molecule has 1 atom stereocenters. The van der Waals surface area contributed by atoms with E-state index >= 15 is 0 Å². The first kappa shape index (κ1) is 24.6. The zero-order valence-electron chi connectivity index (χ0n) is 20.7. The van der Waals surface area contributed by atoms with Crippen LogP contribution in [0.5, 0.6) is 0 Å². The van der Waals surface area contributed by atoms with Crippen LogP contribution < -0.4 is 15.5 Å². The fourth-order valence-electron chi connectivity index (χ4n) is 4.22. The lowest BCUT2D eigenvalue weighted by Gasteiger charge is -2.22. The van der Waals surface area contributed by atoms with E-state index in [9.17, 15) is 4.79 Å². The Morgan fingerprint density at radius 3 is 2.66 bits per heavy atom. The van der Waals surface area contributed by atoms with E-state index in [1.54, 1.807) is 6.20 Å². The molecule has 1 aromatic heterocycles. The summed E-state index contributed by atoms with van der Waals surface area (Å²) in [5.74, 6) is 1.16. The summed E-state index contributed by atoms with van der Waals surface area (Å²) in [7, 11) is 3.89. The molecular formula is C27H34N6O2. The number of ether oxygens (including phenoxy) is 1. The van der Waals surface area contributed by atoms with Crippen LogP contribution in [0.3, 0.4) is 0 Å². The van der Waals surface area contributed by atoms with Crippen LogP contribution in [0.25, 0.3) is 0 Å². The summed E-state index contributed by atoms with van der Waals surface area (Å²) in [6.45, 7) is 5.78. The van der Waals surface area contributed by atoms with Gasteiger partial charge in [-0.15, -0.1) is 0 Å². The molecule has 1 aliphatic heterocycles.